The molecular formula is C38H44ClN5O6S. The van der Waals surface area contributed by atoms with Crippen molar-refractivity contribution < 1.29 is 28.1 Å². The van der Waals surface area contributed by atoms with Crippen molar-refractivity contribution in [3.8, 4) is 11.6 Å². The molecule has 6 unspecified atom stereocenters. The molecule has 1 fully saturated rings. The molecule has 3 aromatic rings. The number of hydrogen-bond donors (Lipinski definition) is 1. The van der Waals surface area contributed by atoms with Crippen molar-refractivity contribution in [1.82, 2.24) is 14.5 Å². The fourth-order valence-corrected chi connectivity index (χ4v) is 10.1. The van der Waals surface area contributed by atoms with Gasteiger partial charge < -0.3 is 14.4 Å². The molecule has 11 nitrogen and oxygen atoms in total. The smallest absolute Gasteiger partial charge is 0.286 e. The summed E-state index contributed by atoms with van der Waals surface area (Å²) in [5.41, 5.74) is 3.13. The molecule has 3 heterocycles. The Morgan fingerprint density at radius 2 is 1.98 bits per heavy atom. The molecule has 1 spiro atoms. The van der Waals surface area contributed by atoms with Gasteiger partial charge in [0.2, 0.25) is 5.88 Å². The van der Waals surface area contributed by atoms with Crippen LogP contribution >= 0.6 is 11.6 Å². The number of carbonyl (C=O) groups is 3. The van der Waals surface area contributed by atoms with Gasteiger partial charge in [0.25, 0.3) is 11.8 Å². The van der Waals surface area contributed by atoms with E-state index in [9.17, 15) is 18.6 Å². The summed E-state index contributed by atoms with van der Waals surface area (Å²) in [6.07, 6.45) is 9.93. The molecule has 2 aliphatic carbocycles. The summed E-state index contributed by atoms with van der Waals surface area (Å²) >= 11 is 6.43. The average molecular weight is 734 g/mol. The summed E-state index contributed by atoms with van der Waals surface area (Å²) < 4.78 is 35.0. The number of methoxy groups -OCH3 is 1. The maximum absolute atomic E-state index is 14.8. The maximum atomic E-state index is 14.8. The monoisotopic (exact) mass is 733 g/mol. The molecule has 4 aliphatic rings. The number of aromatic nitrogens is 2. The van der Waals surface area contributed by atoms with Crippen LogP contribution in [0.2, 0.25) is 5.02 Å². The van der Waals surface area contributed by atoms with Gasteiger partial charge in [-0.1, -0.05) is 30.7 Å². The van der Waals surface area contributed by atoms with Gasteiger partial charge in [-0.25, -0.2) is 4.21 Å². The lowest BCUT2D eigenvalue weighted by molar-refractivity contribution is -0.122. The van der Waals surface area contributed by atoms with Crippen molar-refractivity contribution in [2.24, 2.45) is 29.2 Å². The highest BCUT2D eigenvalue weighted by Gasteiger charge is 2.44. The third-order valence-electron chi connectivity index (χ3n) is 11.3. The number of fused-ring (bicyclic) bond motifs is 4. The molecule has 13 heteroatoms. The van der Waals surface area contributed by atoms with Gasteiger partial charge >= 0.3 is 0 Å². The number of nitrogens with zero attached hydrogens (tertiary/aromatic N) is 4. The zero-order valence-electron chi connectivity index (χ0n) is 29.4. The summed E-state index contributed by atoms with van der Waals surface area (Å²) in [6, 6.07) is 11.3. The standard InChI is InChI=1S/C38H44ClN5O6S/c1-23-7-5-9-33(45)29-13-10-27(29)19-44-21-38(16-6-8-25-17-28(39)12-14-31(25)38)22-50-34-15-11-26(18-32(34)44)35(46)41-51(48,24(23)2)42-36(47)30-20-43(3)40-37(30)49-4/h5,9,11-12,14-15,17-18,20,23-24,27,29H,6-8,10,13,16,19,21-22H2,1-4H3,(H,41,42,46,47,48)/b9-5+. The number of nitrogens with one attached hydrogen (secondary N) is 1. The number of anilines is 1. The number of amides is 2. The Labute approximate surface area is 304 Å². The van der Waals surface area contributed by atoms with Crippen LogP contribution in [0.15, 0.2) is 59.1 Å². The van der Waals surface area contributed by atoms with Gasteiger partial charge in [0.05, 0.1) is 24.7 Å². The van der Waals surface area contributed by atoms with Crippen molar-refractivity contribution in [3.05, 3.63) is 82.0 Å². The Bertz CT molecular complexity index is 2050. The summed E-state index contributed by atoms with van der Waals surface area (Å²) in [5, 5.41) is 4.08. The van der Waals surface area contributed by atoms with Crippen LogP contribution in [0.5, 0.6) is 11.6 Å². The topological polar surface area (TPSA) is 132 Å². The molecule has 2 aliphatic heterocycles. The summed E-state index contributed by atoms with van der Waals surface area (Å²) in [6.45, 7) is 5.27. The van der Waals surface area contributed by atoms with E-state index in [4.69, 9.17) is 21.1 Å². The first-order chi connectivity index (χ1) is 24.4. The first kappa shape index (κ1) is 35.3. The van der Waals surface area contributed by atoms with Crippen LogP contribution in [0.4, 0.5) is 5.69 Å². The number of benzene rings is 2. The van der Waals surface area contributed by atoms with Crippen LogP contribution in [0.3, 0.4) is 0 Å². The van der Waals surface area contributed by atoms with Gasteiger partial charge in [-0.15, -0.1) is 9.46 Å². The quantitative estimate of drug-likeness (QED) is 0.342. The van der Waals surface area contributed by atoms with Crippen molar-refractivity contribution in [1.29, 1.82) is 0 Å². The SMILES string of the molecule is COc1nn(C)cc1C(=O)NS1(=O)=NC(=O)c2ccc3c(c2)N(CC2CCC2C(=O)/C=C/CC(C)C1C)CC1(CCCc2cc(Cl)ccc21)CO3. The predicted octanol–water partition coefficient (Wildman–Crippen LogP) is 6.09. The van der Waals surface area contributed by atoms with Crippen molar-refractivity contribution in [2.45, 2.75) is 63.0 Å². The lowest BCUT2D eigenvalue weighted by Crippen LogP contribution is -2.49. The molecule has 51 heavy (non-hydrogen) atoms. The van der Waals surface area contributed by atoms with E-state index in [0.29, 0.717) is 36.9 Å². The highest BCUT2D eigenvalue weighted by Crippen LogP contribution is 2.46. The Kier molecular flexibility index (Phi) is 9.51. The molecule has 2 aromatic carbocycles. The first-order valence-corrected chi connectivity index (χ1v) is 19.6. The average Bonchev–Trinajstić information content (AvgIpc) is 3.41. The minimum Gasteiger partial charge on any atom is -0.490 e. The van der Waals surface area contributed by atoms with Gasteiger partial charge in [-0.2, -0.15) is 0 Å². The maximum Gasteiger partial charge on any atom is 0.286 e. The number of halogens is 1. The molecule has 1 N–H and O–H groups in total. The lowest BCUT2D eigenvalue weighted by Gasteiger charge is -2.44. The lowest BCUT2D eigenvalue weighted by atomic mass is 9.68. The number of ketones is 1. The van der Waals surface area contributed by atoms with E-state index in [1.165, 1.54) is 29.1 Å². The van der Waals surface area contributed by atoms with Crippen LogP contribution in [0, 0.1) is 17.8 Å². The molecule has 1 aromatic heterocycles. The van der Waals surface area contributed by atoms with Crippen molar-refractivity contribution in [3.63, 3.8) is 0 Å². The van der Waals surface area contributed by atoms with Crippen molar-refractivity contribution in [2.75, 3.05) is 31.7 Å². The Hall–Kier alpha value is -4.16. The normalized spacial score (nSPS) is 29.8. The molecule has 2 bridgehead atoms. The van der Waals surface area contributed by atoms with E-state index in [2.05, 4.69) is 31.2 Å². The minimum atomic E-state index is -3.72. The molecule has 0 radical (unpaired) electrons. The second-order valence-corrected chi connectivity index (χ2v) is 17.3. The molecule has 270 valence electrons. The van der Waals surface area contributed by atoms with E-state index in [1.54, 1.807) is 38.2 Å². The minimum absolute atomic E-state index is 0.0567. The van der Waals surface area contributed by atoms with Gasteiger partial charge in [0.1, 0.15) is 21.2 Å². The zero-order chi connectivity index (χ0) is 36.1. The Balaban J connectivity index is 1.32. The molecule has 7 rings (SSSR count). The van der Waals surface area contributed by atoms with E-state index >= 15 is 0 Å². The molecular weight excluding hydrogens is 690 g/mol. The van der Waals surface area contributed by atoms with Crippen LogP contribution in [-0.4, -0.2) is 63.6 Å². The second kappa shape index (κ2) is 13.8. The number of ether oxygens (including phenoxy) is 2. The third-order valence-corrected chi connectivity index (χ3v) is 13.9. The molecule has 2 amide bonds. The fourth-order valence-electron chi connectivity index (χ4n) is 8.06. The fraction of sp³-hybridized carbons (Fsp3) is 0.474. The number of rotatable bonds is 3. The molecule has 1 saturated carbocycles. The summed E-state index contributed by atoms with van der Waals surface area (Å²) in [5.74, 6) is -0.934. The summed E-state index contributed by atoms with van der Waals surface area (Å²) in [4.78, 5) is 43.5. The van der Waals surface area contributed by atoms with Crippen molar-refractivity contribution >= 4 is 44.8 Å². The number of allylic oxidation sites excluding steroid dienone is 2. The number of carbonyl (C=O) groups excluding carboxylic acids is 3. The van der Waals surface area contributed by atoms with Crippen LogP contribution in [0.1, 0.15) is 77.8 Å². The number of aryl methyl sites for hydroxylation is 2. The van der Waals surface area contributed by atoms with Gasteiger partial charge in [0, 0.05) is 48.3 Å². The summed E-state index contributed by atoms with van der Waals surface area (Å²) in [7, 11) is -0.694. The largest absolute Gasteiger partial charge is 0.490 e. The first-order valence-electron chi connectivity index (χ1n) is 17.6. The van der Waals surface area contributed by atoms with Gasteiger partial charge in [0.15, 0.2) is 5.78 Å². The van der Waals surface area contributed by atoms with Gasteiger partial charge in [-0.3, -0.25) is 23.8 Å². The van der Waals surface area contributed by atoms with Gasteiger partial charge in [-0.05, 0) is 105 Å². The van der Waals surface area contributed by atoms with Crippen LogP contribution in [-0.2, 0) is 33.6 Å². The molecule has 0 saturated heterocycles. The third kappa shape index (κ3) is 6.68. The van der Waals surface area contributed by atoms with E-state index in [1.807, 2.05) is 19.1 Å². The Morgan fingerprint density at radius 1 is 1.16 bits per heavy atom. The van der Waals surface area contributed by atoms with Crippen LogP contribution < -0.4 is 19.1 Å². The zero-order valence-corrected chi connectivity index (χ0v) is 31.0. The van der Waals surface area contributed by atoms with E-state index in [-0.39, 0.29) is 46.0 Å². The highest BCUT2D eigenvalue weighted by atomic mass is 35.5. The second-order valence-electron chi connectivity index (χ2n) is 14.6. The van der Waals surface area contributed by atoms with Crippen LogP contribution in [0.25, 0.3) is 0 Å². The van der Waals surface area contributed by atoms with E-state index < -0.39 is 27.0 Å². The number of hydrogen-bond acceptors (Lipinski definition) is 8. The molecule has 6 atom stereocenters. The highest BCUT2D eigenvalue weighted by molar-refractivity contribution is 7.93. The van der Waals surface area contributed by atoms with E-state index in [0.717, 1.165) is 37.8 Å². The Morgan fingerprint density at radius 3 is 2.75 bits per heavy atom. The predicted molar refractivity (Wildman–Crippen MR) is 196 cm³/mol.